The number of carbonyl (C=O) groups is 3. The first-order valence-electron chi connectivity index (χ1n) is 6.09. The van der Waals surface area contributed by atoms with Crippen LogP contribution in [0.3, 0.4) is 0 Å². The van der Waals surface area contributed by atoms with Crippen molar-refractivity contribution in [2.24, 2.45) is 11.8 Å². The monoisotopic (exact) mass is 261 g/mol. The van der Waals surface area contributed by atoms with E-state index in [1.807, 2.05) is 0 Å². The smallest absolute Gasteiger partial charge is 0.335 e. The molecule has 0 bridgehead atoms. The molecule has 1 saturated heterocycles. The molecule has 2 unspecified atom stereocenters. The van der Waals surface area contributed by atoms with E-state index in [2.05, 4.69) is 0 Å². The number of amides is 2. The van der Waals surface area contributed by atoms with E-state index in [0.29, 0.717) is 0 Å². The van der Waals surface area contributed by atoms with E-state index in [-0.39, 0.29) is 35.8 Å². The summed E-state index contributed by atoms with van der Waals surface area (Å²) in [7, 11) is 0. The molecule has 0 radical (unpaired) electrons. The predicted octanol–water partition coefficient (Wildman–Crippen LogP) is 1.53. The summed E-state index contributed by atoms with van der Waals surface area (Å²) in [5.41, 5.74) is 0.928. The Morgan fingerprint density at radius 1 is 1.11 bits per heavy atom. The van der Waals surface area contributed by atoms with Crippen LogP contribution in [0.15, 0.2) is 24.3 Å². The first-order chi connectivity index (χ1) is 8.91. The molecule has 0 aliphatic carbocycles. The molecule has 1 aliphatic rings. The fourth-order valence-corrected chi connectivity index (χ4v) is 2.12. The molecule has 0 aromatic heterocycles. The average Bonchev–Trinajstić information content (AvgIpc) is 2.57. The molecular formula is C14H15NO4. The maximum Gasteiger partial charge on any atom is 0.335 e. The van der Waals surface area contributed by atoms with Crippen LogP contribution in [0.2, 0.25) is 0 Å². The Balaban J connectivity index is 2.15. The molecule has 1 N–H and O–H groups in total. The van der Waals surface area contributed by atoms with Crippen molar-refractivity contribution in [1.82, 2.24) is 4.90 Å². The van der Waals surface area contributed by atoms with Crippen molar-refractivity contribution in [3.8, 4) is 0 Å². The highest BCUT2D eigenvalue weighted by Gasteiger charge is 2.41. The Morgan fingerprint density at radius 2 is 1.58 bits per heavy atom. The summed E-state index contributed by atoms with van der Waals surface area (Å²) in [5.74, 6) is -1.90. The molecule has 5 heteroatoms. The van der Waals surface area contributed by atoms with Gasteiger partial charge < -0.3 is 5.11 Å². The molecule has 1 heterocycles. The molecule has 1 aliphatic heterocycles. The lowest BCUT2D eigenvalue weighted by Crippen LogP contribution is -2.30. The van der Waals surface area contributed by atoms with E-state index in [4.69, 9.17) is 5.11 Å². The van der Waals surface area contributed by atoms with Crippen molar-refractivity contribution < 1.29 is 19.5 Å². The molecule has 0 saturated carbocycles. The zero-order chi connectivity index (χ0) is 14.2. The van der Waals surface area contributed by atoms with E-state index in [1.54, 1.807) is 26.0 Å². The van der Waals surface area contributed by atoms with Gasteiger partial charge in [0.15, 0.2) is 0 Å². The molecule has 1 fully saturated rings. The molecule has 1 aromatic rings. The van der Waals surface area contributed by atoms with E-state index in [9.17, 15) is 14.4 Å². The number of hydrogen-bond acceptors (Lipinski definition) is 3. The van der Waals surface area contributed by atoms with Gasteiger partial charge in [-0.1, -0.05) is 26.0 Å². The van der Waals surface area contributed by atoms with Gasteiger partial charge in [-0.05, 0) is 17.7 Å². The highest BCUT2D eigenvalue weighted by molar-refractivity contribution is 6.04. The number of rotatable bonds is 3. The highest BCUT2D eigenvalue weighted by Crippen LogP contribution is 2.26. The van der Waals surface area contributed by atoms with E-state index >= 15 is 0 Å². The molecular weight excluding hydrogens is 246 g/mol. The van der Waals surface area contributed by atoms with Crippen LogP contribution in [-0.2, 0) is 16.1 Å². The van der Waals surface area contributed by atoms with Crippen LogP contribution in [-0.4, -0.2) is 27.8 Å². The lowest BCUT2D eigenvalue weighted by molar-refractivity contribution is -0.140. The maximum absolute atomic E-state index is 11.9. The summed E-state index contributed by atoms with van der Waals surface area (Å²) in [5, 5.41) is 8.79. The second kappa shape index (κ2) is 4.84. The number of benzene rings is 1. The number of imide groups is 1. The topological polar surface area (TPSA) is 74.7 Å². The zero-order valence-electron chi connectivity index (χ0n) is 10.8. The molecule has 1 aromatic carbocycles. The van der Waals surface area contributed by atoms with Crippen molar-refractivity contribution in [3.05, 3.63) is 35.4 Å². The van der Waals surface area contributed by atoms with Crippen LogP contribution in [0.4, 0.5) is 0 Å². The fourth-order valence-electron chi connectivity index (χ4n) is 2.12. The number of nitrogens with zero attached hydrogens (tertiary/aromatic N) is 1. The maximum atomic E-state index is 11.9. The Hall–Kier alpha value is -2.17. The third-order valence-electron chi connectivity index (χ3n) is 3.60. The molecule has 5 nitrogen and oxygen atoms in total. The van der Waals surface area contributed by atoms with Crippen LogP contribution in [0.5, 0.6) is 0 Å². The summed E-state index contributed by atoms with van der Waals surface area (Å²) in [6, 6.07) is 6.18. The van der Waals surface area contributed by atoms with E-state index in [0.717, 1.165) is 5.56 Å². The van der Waals surface area contributed by atoms with Crippen LogP contribution < -0.4 is 0 Å². The van der Waals surface area contributed by atoms with Gasteiger partial charge in [-0.2, -0.15) is 0 Å². The van der Waals surface area contributed by atoms with Gasteiger partial charge in [0.25, 0.3) is 0 Å². The molecule has 2 amide bonds. The van der Waals surface area contributed by atoms with Crippen molar-refractivity contribution in [2.75, 3.05) is 0 Å². The van der Waals surface area contributed by atoms with Crippen LogP contribution in [0.1, 0.15) is 29.8 Å². The summed E-state index contributed by atoms with van der Waals surface area (Å²) in [4.78, 5) is 35.8. The summed E-state index contributed by atoms with van der Waals surface area (Å²) >= 11 is 0. The molecule has 100 valence electrons. The average molecular weight is 261 g/mol. The van der Waals surface area contributed by atoms with Crippen molar-refractivity contribution in [3.63, 3.8) is 0 Å². The van der Waals surface area contributed by atoms with Gasteiger partial charge in [0.1, 0.15) is 0 Å². The summed E-state index contributed by atoms with van der Waals surface area (Å²) in [6.45, 7) is 3.70. The molecule has 2 rings (SSSR count). The fraction of sp³-hybridized carbons (Fsp3) is 0.357. The van der Waals surface area contributed by atoms with Crippen LogP contribution >= 0.6 is 0 Å². The Bertz CT molecular complexity index is 515. The van der Waals surface area contributed by atoms with Crippen molar-refractivity contribution in [1.29, 1.82) is 0 Å². The largest absolute Gasteiger partial charge is 0.478 e. The quantitative estimate of drug-likeness (QED) is 0.837. The van der Waals surface area contributed by atoms with Gasteiger partial charge in [0, 0.05) is 11.8 Å². The number of likely N-dealkylation sites (tertiary alicyclic amines) is 1. The number of hydrogen-bond donors (Lipinski definition) is 1. The number of aromatic carboxylic acids is 1. The number of carboxylic acid groups (broad SMARTS) is 1. The first kappa shape index (κ1) is 13.3. The third kappa shape index (κ3) is 2.36. The predicted molar refractivity (Wildman–Crippen MR) is 67.3 cm³/mol. The van der Waals surface area contributed by atoms with Gasteiger partial charge in [0.2, 0.25) is 11.8 Å². The second-order valence-electron chi connectivity index (χ2n) is 4.84. The normalized spacial score (nSPS) is 22.9. The van der Waals surface area contributed by atoms with Crippen LogP contribution in [0, 0.1) is 11.8 Å². The van der Waals surface area contributed by atoms with Gasteiger partial charge >= 0.3 is 5.97 Å². The zero-order valence-corrected chi connectivity index (χ0v) is 10.8. The van der Waals surface area contributed by atoms with Crippen LogP contribution in [0.25, 0.3) is 0 Å². The molecule has 19 heavy (non-hydrogen) atoms. The minimum Gasteiger partial charge on any atom is -0.478 e. The highest BCUT2D eigenvalue weighted by atomic mass is 16.4. The lowest BCUT2D eigenvalue weighted by atomic mass is 10.00. The van der Waals surface area contributed by atoms with Crippen molar-refractivity contribution in [2.45, 2.75) is 20.4 Å². The molecule has 0 spiro atoms. The van der Waals surface area contributed by atoms with Gasteiger partial charge in [-0.3, -0.25) is 14.5 Å². The lowest BCUT2D eigenvalue weighted by Gasteiger charge is -2.14. The van der Waals surface area contributed by atoms with Gasteiger partial charge in [-0.25, -0.2) is 4.79 Å². The van der Waals surface area contributed by atoms with Gasteiger partial charge in [-0.15, -0.1) is 0 Å². The Labute approximate surface area is 110 Å². The first-order valence-corrected chi connectivity index (χ1v) is 6.09. The minimum atomic E-state index is -0.998. The summed E-state index contributed by atoms with van der Waals surface area (Å²) < 4.78 is 0. The Kier molecular flexibility index (Phi) is 3.38. The molecule has 2 atom stereocenters. The number of carbonyl (C=O) groups excluding carboxylic acids is 2. The van der Waals surface area contributed by atoms with Gasteiger partial charge in [0.05, 0.1) is 12.1 Å². The second-order valence-corrected chi connectivity index (χ2v) is 4.84. The Morgan fingerprint density at radius 3 is 2.00 bits per heavy atom. The van der Waals surface area contributed by atoms with Crippen molar-refractivity contribution >= 4 is 17.8 Å². The number of carboxylic acids is 1. The summed E-state index contributed by atoms with van der Waals surface area (Å²) in [6.07, 6.45) is 0. The van der Waals surface area contributed by atoms with E-state index < -0.39 is 5.97 Å². The SMILES string of the molecule is CC1C(=O)N(Cc2ccc(C(=O)O)cc2)C(=O)C1C. The third-order valence-corrected chi connectivity index (χ3v) is 3.60. The minimum absolute atomic E-state index is 0.167. The standard InChI is InChI=1S/C14H15NO4/c1-8-9(2)13(17)15(12(8)16)7-10-3-5-11(6-4-10)14(18)19/h3-6,8-9H,7H2,1-2H3,(H,18,19). The van der Waals surface area contributed by atoms with E-state index in [1.165, 1.54) is 17.0 Å².